The maximum Gasteiger partial charge on any atom is 0.149 e. The first-order valence-electron chi connectivity index (χ1n) is 5.80. The van der Waals surface area contributed by atoms with E-state index in [1.807, 2.05) is 18.8 Å². The van der Waals surface area contributed by atoms with E-state index in [1.54, 1.807) is 13.1 Å². The molecule has 18 heavy (non-hydrogen) atoms. The second-order valence-corrected chi connectivity index (χ2v) is 5.73. The molecule has 6 heteroatoms. The molecule has 0 fully saturated rings. The fraction of sp³-hybridized carbons (Fsp3) is 0.583. The van der Waals surface area contributed by atoms with Gasteiger partial charge in [-0.25, -0.2) is 4.98 Å². The summed E-state index contributed by atoms with van der Waals surface area (Å²) in [5, 5.41) is 4.10. The lowest BCUT2D eigenvalue weighted by Crippen LogP contribution is -2.34. The van der Waals surface area contributed by atoms with E-state index in [9.17, 15) is 0 Å². The normalized spacial score (nSPS) is 12.3. The molecule has 1 atom stereocenters. The molecule has 0 aliphatic carbocycles. The van der Waals surface area contributed by atoms with E-state index >= 15 is 0 Å². The number of hydrogen-bond acceptors (Lipinski definition) is 4. The molecule has 1 rings (SSSR count). The zero-order chi connectivity index (χ0) is 13.7. The minimum atomic E-state index is 0.413. The molecule has 3 nitrogen and oxygen atoms in total. The average molecular weight is 308 g/mol. The highest BCUT2D eigenvalue weighted by Crippen LogP contribution is 2.32. The smallest absolute Gasteiger partial charge is 0.149 e. The van der Waals surface area contributed by atoms with Gasteiger partial charge in [0.1, 0.15) is 11.6 Å². The van der Waals surface area contributed by atoms with Crippen LogP contribution in [-0.4, -0.2) is 37.1 Å². The van der Waals surface area contributed by atoms with Crippen molar-refractivity contribution in [2.75, 3.05) is 36.3 Å². The van der Waals surface area contributed by atoms with Crippen LogP contribution in [0, 0.1) is 0 Å². The van der Waals surface area contributed by atoms with Gasteiger partial charge in [0.05, 0.1) is 10.0 Å². The SMILES string of the molecule is CCC(CSC)N(C)c1nc(NC)c(Cl)cc1Cl. The van der Waals surface area contributed by atoms with Crippen LogP contribution in [0.3, 0.4) is 0 Å². The molecule has 0 spiro atoms. The maximum absolute atomic E-state index is 6.23. The molecule has 1 heterocycles. The third-order valence-corrected chi connectivity index (χ3v) is 4.14. The Kier molecular flexibility index (Phi) is 6.39. The molecule has 0 amide bonds. The van der Waals surface area contributed by atoms with Crippen LogP contribution in [0.1, 0.15) is 13.3 Å². The van der Waals surface area contributed by atoms with Crippen LogP contribution in [-0.2, 0) is 0 Å². The summed E-state index contributed by atoms with van der Waals surface area (Å²) in [6.07, 6.45) is 3.15. The van der Waals surface area contributed by atoms with E-state index in [2.05, 4.69) is 28.4 Å². The molecular weight excluding hydrogens is 289 g/mol. The largest absolute Gasteiger partial charge is 0.372 e. The monoisotopic (exact) mass is 307 g/mol. The molecule has 102 valence electrons. The Labute approximate surface area is 123 Å². The molecule has 0 saturated carbocycles. The molecule has 1 N–H and O–H groups in total. The first-order chi connectivity index (χ1) is 8.54. The molecule has 1 aromatic rings. The van der Waals surface area contributed by atoms with Crippen molar-refractivity contribution in [3.05, 3.63) is 16.1 Å². The summed E-state index contributed by atoms with van der Waals surface area (Å²) < 4.78 is 0. The standard InChI is InChI=1S/C12H19Cl2N3S/c1-5-8(7-18-4)17(3)12-10(14)6-9(13)11(15-2)16-12/h6,8H,5,7H2,1-4H3,(H,15,16). The maximum atomic E-state index is 6.23. The Hall–Kier alpha value is -0.320. The van der Waals surface area contributed by atoms with Gasteiger partial charge in [0.15, 0.2) is 0 Å². The van der Waals surface area contributed by atoms with Crippen LogP contribution in [0.2, 0.25) is 10.0 Å². The lowest BCUT2D eigenvalue weighted by molar-refractivity contribution is 0.666. The van der Waals surface area contributed by atoms with Crippen molar-refractivity contribution in [2.24, 2.45) is 0 Å². The van der Waals surface area contributed by atoms with E-state index in [-0.39, 0.29) is 0 Å². The third kappa shape index (κ3) is 3.59. The number of halogens is 2. The van der Waals surface area contributed by atoms with Gasteiger partial charge in [-0.2, -0.15) is 11.8 Å². The van der Waals surface area contributed by atoms with E-state index in [4.69, 9.17) is 23.2 Å². The Morgan fingerprint density at radius 2 is 2.11 bits per heavy atom. The van der Waals surface area contributed by atoms with E-state index < -0.39 is 0 Å². The van der Waals surface area contributed by atoms with E-state index in [1.165, 1.54) is 0 Å². The van der Waals surface area contributed by atoms with E-state index in [0.717, 1.165) is 18.0 Å². The summed E-state index contributed by atoms with van der Waals surface area (Å²) in [5.74, 6) is 2.47. The Bertz CT molecular complexity index is 401. The number of pyridine rings is 1. The van der Waals surface area contributed by atoms with Gasteiger partial charge in [-0.15, -0.1) is 0 Å². The van der Waals surface area contributed by atoms with Crippen molar-refractivity contribution in [1.29, 1.82) is 0 Å². The van der Waals surface area contributed by atoms with Gasteiger partial charge in [-0.3, -0.25) is 0 Å². The number of aromatic nitrogens is 1. The summed E-state index contributed by atoms with van der Waals surface area (Å²) in [6.45, 7) is 2.17. The fourth-order valence-corrected chi connectivity index (χ4v) is 3.18. The third-order valence-electron chi connectivity index (χ3n) is 2.86. The van der Waals surface area contributed by atoms with Crippen LogP contribution in [0.4, 0.5) is 11.6 Å². The summed E-state index contributed by atoms with van der Waals surface area (Å²) in [7, 11) is 3.82. The van der Waals surface area contributed by atoms with Gasteiger partial charge in [0.25, 0.3) is 0 Å². The van der Waals surface area contributed by atoms with Crippen LogP contribution in [0.15, 0.2) is 6.07 Å². The van der Waals surface area contributed by atoms with Gasteiger partial charge in [-0.05, 0) is 18.7 Å². The van der Waals surface area contributed by atoms with Crippen LogP contribution < -0.4 is 10.2 Å². The average Bonchev–Trinajstić information content (AvgIpc) is 2.35. The Morgan fingerprint density at radius 3 is 2.61 bits per heavy atom. The molecule has 0 bridgehead atoms. The van der Waals surface area contributed by atoms with Crippen molar-refractivity contribution < 1.29 is 0 Å². The van der Waals surface area contributed by atoms with Crippen LogP contribution in [0.5, 0.6) is 0 Å². The number of hydrogen-bond donors (Lipinski definition) is 1. The Balaban J connectivity index is 3.07. The highest BCUT2D eigenvalue weighted by molar-refractivity contribution is 7.98. The van der Waals surface area contributed by atoms with Crippen LogP contribution in [0.25, 0.3) is 0 Å². The molecule has 0 aliphatic rings. The molecule has 0 aliphatic heterocycles. The van der Waals surface area contributed by atoms with Crippen molar-refractivity contribution in [3.8, 4) is 0 Å². The molecule has 0 saturated heterocycles. The second-order valence-electron chi connectivity index (χ2n) is 4.00. The quantitative estimate of drug-likeness (QED) is 0.859. The molecule has 1 aromatic heterocycles. The van der Waals surface area contributed by atoms with Crippen molar-refractivity contribution in [2.45, 2.75) is 19.4 Å². The number of nitrogens with one attached hydrogen (secondary N) is 1. The number of thioether (sulfide) groups is 1. The molecule has 0 aromatic carbocycles. The first-order valence-corrected chi connectivity index (χ1v) is 7.95. The first kappa shape index (κ1) is 15.7. The zero-order valence-corrected chi connectivity index (χ0v) is 13.5. The van der Waals surface area contributed by atoms with Gasteiger partial charge < -0.3 is 10.2 Å². The summed E-state index contributed by atoms with van der Waals surface area (Å²) in [6, 6.07) is 2.15. The van der Waals surface area contributed by atoms with Crippen molar-refractivity contribution in [1.82, 2.24) is 4.98 Å². The number of anilines is 2. The highest BCUT2D eigenvalue weighted by atomic mass is 35.5. The molecule has 0 radical (unpaired) electrons. The minimum absolute atomic E-state index is 0.413. The molecular formula is C12H19Cl2N3S. The zero-order valence-electron chi connectivity index (χ0n) is 11.1. The summed E-state index contributed by atoms with van der Waals surface area (Å²) in [5.41, 5.74) is 0. The predicted octanol–water partition coefficient (Wildman–Crippen LogP) is 4.01. The topological polar surface area (TPSA) is 28.2 Å². The second kappa shape index (κ2) is 7.31. The summed E-state index contributed by atoms with van der Waals surface area (Å²) >= 11 is 14.1. The van der Waals surface area contributed by atoms with Gasteiger partial charge in [0, 0.05) is 25.9 Å². The lowest BCUT2D eigenvalue weighted by atomic mass is 10.2. The minimum Gasteiger partial charge on any atom is -0.372 e. The summed E-state index contributed by atoms with van der Waals surface area (Å²) in [4.78, 5) is 6.60. The Morgan fingerprint density at radius 1 is 1.44 bits per heavy atom. The molecule has 1 unspecified atom stereocenters. The van der Waals surface area contributed by atoms with E-state index in [0.29, 0.717) is 21.9 Å². The predicted molar refractivity (Wildman–Crippen MR) is 84.7 cm³/mol. The van der Waals surface area contributed by atoms with Crippen LogP contribution >= 0.6 is 35.0 Å². The number of nitrogens with zero attached hydrogens (tertiary/aromatic N) is 2. The van der Waals surface area contributed by atoms with Crippen molar-refractivity contribution in [3.63, 3.8) is 0 Å². The fourth-order valence-electron chi connectivity index (χ4n) is 1.75. The highest BCUT2D eigenvalue weighted by Gasteiger charge is 2.18. The van der Waals surface area contributed by atoms with Gasteiger partial charge in [0.2, 0.25) is 0 Å². The lowest BCUT2D eigenvalue weighted by Gasteiger charge is -2.29. The van der Waals surface area contributed by atoms with Gasteiger partial charge in [-0.1, -0.05) is 30.1 Å². The number of rotatable bonds is 6. The van der Waals surface area contributed by atoms with Crippen molar-refractivity contribution >= 4 is 46.6 Å². The van der Waals surface area contributed by atoms with Gasteiger partial charge >= 0.3 is 0 Å².